The number of aliphatic imine (C=N–C) groups is 1. The number of aliphatic hydroxyl groups is 2. The number of nitrogens with one attached hydrogen (secondary N) is 2. The summed E-state index contributed by atoms with van der Waals surface area (Å²) in [7, 11) is -16.7. The molecule has 19 nitrogen and oxygen atoms in total. The fourth-order valence-corrected chi connectivity index (χ4v) is 6.23. The lowest BCUT2D eigenvalue weighted by molar-refractivity contribution is -0.125. The fourth-order valence-electron chi connectivity index (χ4n) is 3.20. The van der Waals surface area contributed by atoms with Crippen LogP contribution < -0.4 is 16.4 Å². The Hall–Kier alpha value is -0.850. The molecule has 32 heavy (non-hydrogen) atoms. The van der Waals surface area contributed by atoms with Crippen LogP contribution in [0.3, 0.4) is 0 Å². The van der Waals surface area contributed by atoms with Gasteiger partial charge in [-0.2, -0.15) is 8.62 Å². The zero-order valence-corrected chi connectivity index (χ0v) is 18.3. The second-order valence-electron chi connectivity index (χ2n) is 6.70. The molecular weight excluding hydrogens is 507 g/mol. The summed E-state index contributed by atoms with van der Waals surface area (Å²) < 4.78 is 50.8. The zero-order chi connectivity index (χ0) is 24.1. The van der Waals surface area contributed by atoms with Gasteiger partial charge in [0.05, 0.1) is 13.3 Å². The zero-order valence-electron chi connectivity index (χ0n) is 15.6. The molecule has 0 aliphatic carbocycles. The minimum absolute atomic E-state index is 0.0173. The molecule has 4 unspecified atom stereocenters. The van der Waals surface area contributed by atoms with Gasteiger partial charge in [0.15, 0.2) is 5.96 Å². The number of carbonyl (C=O) groups is 1. The van der Waals surface area contributed by atoms with E-state index >= 15 is 0 Å². The van der Waals surface area contributed by atoms with Crippen LogP contribution in [0.25, 0.3) is 0 Å². The third-order valence-electron chi connectivity index (χ3n) is 4.42. The number of fused-ring (bicyclic) bond motifs is 1. The van der Waals surface area contributed by atoms with Crippen LogP contribution in [0.5, 0.6) is 0 Å². The molecular formula is C10H20N5O14P3. The van der Waals surface area contributed by atoms with Crippen LogP contribution in [0, 0.1) is 0 Å². The number of hydrogen-bond donors (Lipinski definition) is 9. The van der Waals surface area contributed by atoms with E-state index in [0.717, 1.165) is 0 Å². The number of carbonyl (C=O) groups excluding carboxylic acids is 1. The van der Waals surface area contributed by atoms with E-state index in [-0.39, 0.29) is 12.6 Å². The summed E-state index contributed by atoms with van der Waals surface area (Å²) in [5.41, 5.74) is 5.53. The number of amides is 1. The highest BCUT2D eigenvalue weighted by atomic mass is 31.3. The number of ether oxygens (including phenoxy) is 1. The van der Waals surface area contributed by atoms with E-state index < -0.39 is 72.7 Å². The molecule has 8 atom stereocenters. The van der Waals surface area contributed by atoms with Gasteiger partial charge < -0.3 is 40.3 Å². The number of nitrogens with zero attached hydrogens (tertiary/aromatic N) is 2. The van der Waals surface area contributed by atoms with Crippen LogP contribution in [0.2, 0.25) is 0 Å². The lowest BCUT2D eigenvalue weighted by Crippen LogP contribution is -2.57. The summed E-state index contributed by atoms with van der Waals surface area (Å²) in [6.07, 6.45) is -6.94. The quantitative estimate of drug-likeness (QED) is 0.135. The average Bonchev–Trinajstić information content (AvgIpc) is 3.12. The van der Waals surface area contributed by atoms with Crippen molar-refractivity contribution in [2.45, 2.75) is 36.7 Å². The summed E-state index contributed by atoms with van der Waals surface area (Å²) in [6, 6.07) is -0.829. The summed E-state index contributed by atoms with van der Waals surface area (Å²) in [6.45, 7) is -0.990. The molecule has 184 valence electrons. The molecule has 2 saturated heterocycles. The largest absolute Gasteiger partial charge is 0.490 e. The smallest absolute Gasteiger partial charge is 0.387 e. The van der Waals surface area contributed by atoms with Gasteiger partial charge in [-0.1, -0.05) is 0 Å². The van der Waals surface area contributed by atoms with Gasteiger partial charge in [-0.3, -0.25) is 20.0 Å². The van der Waals surface area contributed by atoms with Gasteiger partial charge in [0.1, 0.15) is 36.7 Å². The molecule has 0 aromatic carbocycles. The van der Waals surface area contributed by atoms with Gasteiger partial charge in [-0.15, -0.1) is 0 Å². The van der Waals surface area contributed by atoms with Crippen molar-refractivity contribution in [3.05, 3.63) is 0 Å². The molecule has 0 radical (unpaired) electrons. The number of guanidine groups is 1. The van der Waals surface area contributed by atoms with Crippen LogP contribution in [0.15, 0.2) is 4.99 Å². The lowest BCUT2D eigenvalue weighted by atomic mass is 10.1. The molecule has 3 aliphatic heterocycles. The van der Waals surface area contributed by atoms with E-state index in [1.54, 1.807) is 0 Å². The van der Waals surface area contributed by atoms with E-state index in [1.807, 2.05) is 0 Å². The van der Waals surface area contributed by atoms with E-state index in [4.69, 9.17) is 25.2 Å². The van der Waals surface area contributed by atoms with Crippen molar-refractivity contribution in [3.63, 3.8) is 0 Å². The van der Waals surface area contributed by atoms with Crippen molar-refractivity contribution < 1.29 is 66.2 Å². The summed E-state index contributed by atoms with van der Waals surface area (Å²) in [5, 5.41) is 25.6. The first-order valence-corrected chi connectivity index (χ1v) is 13.0. The van der Waals surface area contributed by atoms with Crippen molar-refractivity contribution in [2.75, 3.05) is 13.3 Å². The van der Waals surface area contributed by atoms with Crippen LogP contribution in [0.4, 0.5) is 0 Å². The number of aliphatic hydroxyl groups excluding tert-OH is 2. The SMILES string of the molecule is NC1=NC2C(NCN2[C@@H]2O[C@H](COP(=O)(O)OP(=O)(O)OP(=O)(O)O)[C@@H](O)[C@H]2O)C(=O)N1. The highest BCUT2D eigenvalue weighted by molar-refractivity contribution is 7.66. The molecule has 0 bridgehead atoms. The molecule has 0 saturated carbocycles. The van der Waals surface area contributed by atoms with Gasteiger partial charge in [-0.25, -0.2) is 23.6 Å². The molecule has 0 spiro atoms. The van der Waals surface area contributed by atoms with Crippen LogP contribution >= 0.6 is 23.5 Å². The van der Waals surface area contributed by atoms with Crippen LogP contribution in [-0.4, -0.2) is 96.6 Å². The van der Waals surface area contributed by atoms with E-state index in [2.05, 4.69) is 28.8 Å². The normalized spacial score (nSPS) is 37.3. The minimum atomic E-state index is -5.72. The molecule has 3 rings (SSSR count). The minimum Gasteiger partial charge on any atom is -0.387 e. The summed E-state index contributed by atoms with van der Waals surface area (Å²) >= 11 is 0. The molecule has 0 aromatic rings. The predicted octanol–water partition coefficient (Wildman–Crippen LogP) is -4.22. The van der Waals surface area contributed by atoms with Gasteiger partial charge in [-0.05, 0) is 0 Å². The van der Waals surface area contributed by atoms with Crippen molar-refractivity contribution in [3.8, 4) is 0 Å². The third-order valence-corrected chi connectivity index (χ3v) is 8.22. The first-order chi connectivity index (χ1) is 14.6. The molecule has 2 fully saturated rings. The van der Waals surface area contributed by atoms with E-state index in [9.17, 15) is 33.6 Å². The Bertz CT molecular complexity index is 927. The van der Waals surface area contributed by atoms with Crippen molar-refractivity contribution in [1.29, 1.82) is 0 Å². The molecule has 1 amide bonds. The Morgan fingerprint density at radius 2 is 1.78 bits per heavy atom. The first kappa shape index (κ1) is 25.8. The van der Waals surface area contributed by atoms with Gasteiger partial charge in [0.25, 0.3) is 0 Å². The molecule has 22 heteroatoms. The van der Waals surface area contributed by atoms with Gasteiger partial charge in [0.2, 0.25) is 5.91 Å². The van der Waals surface area contributed by atoms with E-state index in [1.165, 1.54) is 4.90 Å². The third kappa shape index (κ3) is 5.98. The fraction of sp³-hybridized carbons (Fsp3) is 0.800. The van der Waals surface area contributed by atoms with E-state index in [0.29, 0.717) is 0 Å². The lowest BCUT2D eigenvalue weighted by Gasteiger charge is -2.31. The number of hydrogen-bond acceptors (Lipinski definition) is 14. The highest BCUT2D eigenvalue weighted by Crippen LogP contribution is 2.66. The Morgan fingerprint density at radius 3 is 2.41 bits per heavy atom. The Labute approximate surface area is 178 Å². The van der Waals surface area contributed by atoms with Crippen molar-refractivity contribution >= 4 is 35.3 Å². The second kappa shape index (κ2) is 9.07. The number of phosphoric acid groups is 3. The Kier molecular flexibility index (Phi) is 7.30. The molecule has 3 aliphatic rings. The molecule has 3 heterocycles. The van der Waals surface area contributed by atoms with Crippen LogP contribution in [-0.2, 0) is 36.4 Å². The topological polar surface area (TPSA) is 292 Å². The maximum Gasteiger partial charge on any atom is 0.490 e. The average molecular weight is 527 g/mol. The van der Waals surface area contributed by atoms with Gasteiger partial charge in [0, 0.05) is 0 Å². The summed E-state index contributed by atoms with van der Waals surface area (Å²) in [5.74, 6) is -0.663. The highest BCUT2D eigenvalue weighted by Gasteiger charge is 2.53. The Balaban J connectivity index is 1.63. The number of nitrogens with two attached hydrogens (primary N) is 1. The molecule has 0 aromatic heterocycles. The standard InChI is InChI=1S/C10H20N5O14P3/c11-10-13-7-4(8(18)14-10)12-2-15(7)9-6(17)5(16)3(27-9)1-26-31(22,23)29-32(24,25)28-30(19,20)21/h3-7,9,12,16-17H,1-2H2,(H,22,23)(H,24,25)(H2,19,20,21)(H3,11,13,14,18)/t3-,4?,5-,6-,7?,9-/m1/s1. The number of phosphoric ester groups is 1. The van der Waals surface area contributed by atoms with Crippen molar-refractivity contribution in [2.24, 2.45) is 10.7 Å². The maximum atomic E-state index is 12.0. The predicted molar refractivity (Wildman–Crippen MR) is 97.7 cm³/mol. The summed E-state index contributed by atoms with van der Waals surface area (Å²) in [4.78, 5) is 53.0. The maximum absolute atomic E-state index is 12.0. The van der Waals surface area contributed by atoms with Crippen LogP contribution in [0.1, 0.15) is 0 Å². The van der Waals surface area contributed by atoms with Gasteiger partial charge >= 0.3 is 23.5 Å². The Morgan fingerprint density at radius 1 is 1.12 bits per heavy atom. The monoisotopic (exact) mass is 527 g/mol. The number of rotatable bonds is 8. The first-order valence-electron chi connectivity index (χ1n) is 8.52. The van der Waals surface area contributed by atoms with Crippen molar-refractivity contribution in [1.82, 2.24) is 15.5 Å². The molecule has 10 N–H and O–H groups in total. The second-order valence-corrected chi connectivity index (χ2v) is 11.1.